The Balaban J connectivity index is 2.33. The average Bonchev–Trinajstić information content (AvgIpc) is 2.59. The molecule has 0 saturated carbocycles. The monoisotopic (exact) mass is 402 g/mol. The largest absolute Gasteiger partial charge is 0.615 e. The van der Waals surface area contributed by atoms with Crippen LogP contribution in [0.1, 0.15) is 38.5 Å². The summed E-state index contributed by atoms with van der Waals surface area (Å²) in [5.74, 6) is 1.78. The molecule has 138 valence electrons. The van der Waals surface area contributed by atoms with Crippen LogP contribution in [0.3, 0.4) is 0 Å². The highest BCUT2D eigenvalue weighted by molar-refractivity contribution is 6.66. The first kappa shape index (κ1) is 22.9. The van der Waals surface area contributed by atoms with Gasteiger partial charge in [0.1, 0.15) is 0 Å². The molecule has 24 heavy (non-hydrogen) atoms. The zero-order valence-electron chi connectivity index (χ0n) is 13.8. The van der Waals surface area contributed by atoms with Crippen LogP contribution in [-0.2, 0) is 27.7 Å². The molecule has 0 spiro atoms. The van der Waals surface area contributed by atoms with E-state index < -0.39 is 22.0 Å². The van der Waals surface area contributed by atoms with E-state index in [1.165, 1.54) is 0 Å². The summed E-state index contributed by atoms with van der Waals surface area (Å²) in [5, 5.41) is 0. The summed E-state index contributed by atoms with van der Waals surface area (Å²) in [6.07, 6.45) is 5.03. The van der Waals surface area contributed by atoms with Crippen molar-refractivity contribution in [2.45, 2.75) is 38.5 Å². The van der Waals surface area contributed by atoms with Crippen molar-refractivity contribution in [3.63, 3.8) is 0 Å². The van der Waals surface area contributed by atoms with Crippen molar-refractivity contribution < 1.29 is 27.7 Å². The van der Waals surface area contributed by atoms with Gasteiger partial charge in [-0.2, -0.15) is 0 Å². The molecule has 6 nitrogen and oxygen atoms in total. The lowest BCUT2D eigenvalue weighted by Gasteiger charge is -2.28. The third-order valence-corrected chi connectivity index (χ3v) is 3.81. The van der Waals surface area contributed by atoms with E-state index in [4.69, 9.17) is 62.5 Å². The van der Waals surface area contributed by atoms with Crippen LogP contribution in [0.5, 0.6) is 0 Å². The van der Waals surface area contributed by atoms with Crippen LogP contribution in [-0.4, -0.2) is 59.4 Å². The minimum atomic E-state index is -0.898. The van der Waals surface area contributed by atoms with E-state index in [0.29, 0.717) is 37.5 Å². The molecule has 0 aliphatic carbocycles. The maximum Gasteiger partial charge on any atom is 0.615 e. The lowest BCUT2D eigenvalue weighted by molar-refractivity contribution is 0.0653. The SMILES string of the molecule is ClCCCCOB1OB(OCCCCCl)OB(OCCCCCl)O1. The molecule has 1 saturated heterocycles. The Kier molecular flexibility index (Phi) is 15.3. The van der Waals surface area contributed by atoms with Gasteiger partial charge in [-0.1, -0.05) is 0 Å². The average molecular weight is 403 g/mol. The van der Waals surface area contributed by atoms with Crippen molar-refractivity contribution in [1.29, 1.82) is 0 Å². The predicted molar refractivity (Wildman–Crippen MR) is 98.2 cm³/mol. The van der Waals surface area contributed by atoms with Crippen molar-refractivity contribution in [2.24, 2.45) is 0 Å². The van der Waals surface area contributed by atoms with Crippen molar-refractivity contribution >= 4 is 56.8 Å². The number of unbranched alkanes of at least 4 members (excludes halogenated alkanes) is 3. The lowest BCUT2D eigenvalue weighted by Crippen LogP contribution is -2.53. The number of hydrogen-bond acceptors (Lipinski definition) is 6. The van der Waals surface area contributed by atoms with E-state index in [-0.39, 0.29) is 0 Å². The summed E-state index contributed by atoms with van der Waals surface area (Å²) in [5.41, 5.74) is 0. The van der Waals surface area contributed by atoms with E-state index in [2.05, 4.69) is 0 Å². The molecule has 0 aromatic rings. The van der Waals surface area contributed by atoms with Gasteiger partial charge >= 0.3 is 22.0 Å². The molecule has 0 aromatic carbocycles. The first-order valence-corrected chi connectivity index (χ1v) is 9.89. The molecule has 0 radical (unpaired) electrons. The van der Waals surface area contributed by atoms with Crippen molar-refractivity contribution in [3.05, 3.63) is 0 Å². The van der Waals surface area contributed by atoms with Crippen LogP contribution in [0.15, 0.2) is 0 Å². The van der Waals surface area contributed by atoms with Crippen LogP contribution >= 0.6 is 34.8 Å². The maximum absolute atomic E-state index is 5.64. The molecule has 1 heterocycles. The molecule has 1 aliphatic rings. The minimum absolute atomic E-state index is 0.468. The Morgan fingerprint density at radius 3 is 1.04 bits per heavy atom. The number of hydrogen-bond donors (Lipinski definition) is 0. The van der Waals surface area contributed by atoms with Crippen LogP contribution in [0, 0.1) is 0 Å². The van der Waals surface area contributed by atoms with Gasteiger partial charge in [0.15, 0.2) is 0 Å². The van der Waals surface area contributed by atoms with E-state index >= 15 is 0 Å². The van der Waals surface area contributed by atoms with Gasteiger partial charge in [-0.25, -0.2) is 0 Å². The summed E-state index contributed by atoms with van der Waals surface area (Å²) < 4.78 is 32.9. The fourth-order valence-corrected chi connectivity index (χ4v) is 2.30. The van der Waals surface area contributed by atoms with Crippen molar-refractivity contribution in [2.75, 3.05) is 37.5 Å². The smallest absolute Gasteiger partial charge is 0.400 e. The molecule has 0 N–H and O–H groups in total. The van der Waals surface area contributed by atoms with Crippen LogP contribution < -0.4 is 0 Å². The Morgan fingerprint density at radius 1 is 0.500 bits per heavy atom. The van der Waals surface area contributed by atoms with Gasteiger partial charge in [0.2, 0.25) is 0 Å². The minimum Gasteiger partial charge on any atom is -0.400 e. The van der Waals surface area contributed by atoms with Crippen LogP contribution in [0.4, 0.5) is 0 Å². The number of rotatable bonds is 15. The van der Waals surface area contributed by atoms with Gasteiger partial charge < -0.3 is 27.7 Å². The predicted octanol–water partition coefficient (Wildman–Crippen LogP) is 3.11. The van der Waals surface area contributed by atoms with E-state index in [1.807, 2.05) is 0 Å². The maximum atomic E-state index is 5.64. The van der Waals surface area contributed by atoms with Crippen LogP contribution in [0.2, 0.25) is 0 Å². The van der Waals surface area contributed by atoms with Gasteiger partial charge in [-0.3, -0.25) is 0 Å². The molecular weight excluding hydrogens is 379 g/mol. The molecule has 0 bridgehead atoms. The second-order valence-corrected chi connectivity index (χ2v) is 6.21. The lowest BCUT2D eigenvalue weighted by atomic mass is 9.96. The number of alkyl halides is 3. The summed E-state index contributed by atoms with van der Waals surface area (Å²) in [4.78, 5) is 0. The van der Waals surface area contributed by atoms with Crippen molar-refractivity contribution in [3.8, 4) is 0 Å². The second-order valence-electron chi connectivity index (χ2n) is 5.07. The Morgan fingerprint density at radius 2 is 0.792 bits per heavy atom. The fourth-order valence-electron chi connectivity index (χ4n) is 1.73. The van der Waals surface area contributed by atoms with E-state index in [1.54, 1.807) is 0 Å². The van der Waals surface area contributed by atoms with Crippen LogP contribution in [0.25, 0.3) is 0 Å². The highest BCUT2D eigenvalue weighted by Crippen LogP contribution is 2.13. The quantitative estimate of drug-likeness (QED) is 0.238. The molecule has 12 heteroatoms. The molecule has 1 fully saturated rings. The second kappa shape index (κ2) is 16.0. The summed E-state index contributed by atoms with van der Waals surface area (Å²) in [6.45, 7) is 1.40. The Labute approximate surface area is 160 Å². The van der Waals surface area contributed by atoms with Gasteiger partial charge in [-0.15, -0.1) is 34.8 Å². The number of halogens is 3. The fraction of sp³-hybridized carbons (Fsp3) is 1.00. The summed E-state index contributed by atoms with van der Waals surface area (Å²) in [6, 6.07) is 0. The van der Waals surface area contributed by atoms with Gasteiger partial charge in [0.25, 0.3) is 0 Å². The van der Waals surface area contributed by atoms with E-state index in [0.717, 1.165) is 38.5 Å². The molecule has 0 atom stereocenters. The van der Waals surface area contributed by atoms with Gasteiger partial charge in [0, 0.05) is 37.5 Å². The highest BCUT2D eigenvalue weighted by Gasteiger charge is 2.46. The highest BCUT2D eigenvalue weighted by atomic mass is 35.5. The molecule has 0 unspecified atom stereocenters. The van der Waals surface area contributed by atoms with Crippen molar-refractivity contribution in [1.82, 2.24) is 0 Å². The Bertz CT molecular complexity index is 250. The van der Waals surface area contributed by atoms with Gasteiger partial charge in [-0.05, 0) is 38.5 Å². The summed E-state index contributed by atoms with van der Waals surface area (Å²) >= 11 is 16.9. The third kappa shape index (κ3) is 11.4. The molecular formula is C12H24B3Cl3O6. The standard InChI is InChI=1S/C12H24B3Cl3O6/c16-7-1-4-10-19-13-22-14(20-11-5-2-8-17)24-15(23-13)21-12-6-3-9-18/h1-12H2. The Hall–Kier alpha value is 0.825. The zero-order valence-corrected chi connectivity index (χ0v) is 16.1. The summed E-state index contributed by atoms with van der Waals surface area (Å²) in [7, 11) is -2.69. The normalized spacial score (nSPS) is 15.4. The zero-order chi connectivity index (χ0) is 17.5. The first-order chi connectivity index (χ1) is 11.8. The molecule has 0 aromatic heterocycles. The topological polar surface area (TPSA) is 55.4 Å². The first-order valence-electron chi connectivity index (χ1n) is 8.29. The molecule has 1 rings (SSSR count). The molecule has 0 amide bonds. The van der Waals surface area contributed by atoms with Gasteiger partial charge in [0.05, 0.1) is 0 Å². The third-order valence-electron chi connectivity index (χ3n) is 3.01. The molecule has 1 aliphatic heterocycles. The van der Waals surface area contributed by atoms with E-state index in [9.17, 15) is 0 Å².